The van der Waals surface area contributed by atoms with Crippen LogP contribution in [0, 0.1) is 0 Å². The highest BCUT2D eigenvalue weighted by molar-refractivity contribution is 6.32. The Morgan fingerprint density at radius 1 is 0.732 bits per heavy atom. The summed E-state index contributed by atoms with van der Waals surface area (Å²) >= 11 is 7.07. The van der Waals surface area contributed by atoms with Crippen LogP contribution in [0.3, 0.4) is 0 Å². The van der Waals surface area contributed by atoms with Crippen LogP contribution in [-0.2, 0) is 10.8 Å². The zero-order chi connectivity index (χ0) is 28.4. The summed E-state index contributed by atoms with van der Waals surface area (Å²) in [5, 5.41) is 9.72. The Kier molecular flexibility index (Phi) is 6.10. The number of aliphatic imine (C=N–C) groups is 1. The van der Waals surface area contributed by atoms with Crippen LogP contribution in [-0.4, -0.2) is 5.71 Å². The third-order valence-electron chi connectivity index (χ3n) is 9.26. The molecule has 3 aliphatic rings. The first-order chi connectivity index (χ1) is 19.7. The molecule has 0 amide bonds. The zero-order valence-corrected chi connectivity index (χ0v) is 24.9. The van der Waals surface area contributed by atoms with E-state index in [0.717, 1.165) is 35.7 Å². The number of rotatable bonds is 3. The van der Waals surface area contributed by atoms with Gasteiger partial charge in [-0.1, -0.05) is 112 Å². The molecule has 3 heteroatoms. The molecule has 0 radical (unpaired) electrons. The molecule has 41 heavy (non-hydrogen) atoms. The van der Waals surface area contributed by atoms with Crippen molar-refractivity contribution in [1.29, 1.82) is 0 Å². The smallest absolute Gasteiger partial charge is 0.0681 e. The highest BCUT2D eigenvalue weighted by atomic mass is 35.5. The van der Waals surface area contributed by atoms with E-state index in [9.17, 15) is 0 Å². The van der Waals surface area contributed by atoms with E-state index in [0.29, 0.717) is 0 Å². The molecule has 7 rings (SSSR count). The van der Waals surface area contributed by atoms with E-state index in [4.69, 9.17) is 16.6 Å². The first kappa shape index (κ1) is 26.0. The number of nitrogens with zero attached hydrogens (tertiary/aromatic N) is 1. The Morgan fingerprint density at radius 2 is 1.41 bits per heavy atom. The second kappa shape index (κ2) is 9.60. The minimum atomic E-state index is -0.170. The summed E-state index contributed by atoms with van der Waals surface area (Å²) in [4.78, 5) is 5.06. The fourth-order valence-electron chi connectivity index (χ4n) is 6.96. The molecule has 0 saturated carbocycles. The third kappa shape index (κ3) is 4.19. The Hall–Kier alpha value is -3.88. The van der Waals surface area contributed by atoms with E-state index in [2.05, 4.69) is 130 Å². The predicted octanol–water partition coefficient (Wildman–Crippen LogP) is 10.8. The molecule has 2 nitrogen and oxygen atoms in total. The minimum Gasteiger partial charge on any atom is -0.358 e. The summed E-state index contributed by atoms with van der Waals surface area (Å²) in [6.07, 6.45) is 11.9. The van der Waals surface area contributed by atoms with Crippen LogP contribution in [0.25, 0.3) is 21.5 Å². The molecule has 0 saturated heterocycles. The van der Waals surface area contributed by atoms with Gasteiger partial charge in [-0.3, -0.25) is 4.99 Å². The van der Waals surface area contributed by atoms with Crippen LogP contribution in [0.2, 0.25) is 0 Å². The molecule has 0 spiro atoms. The number of benzene rings is 4. The quantitative estimate of drug-likeness (QED) is 0.267. The highest BCUT2D eigenvalue weighted by Gasteiger charge is 2.36. The number of nitrogens with one attached hydrogen (secondary N) is 1. The van der Waals surface area contributed by atoms with Gasteiger partial charge in [-0.15, -0.1) is 0 Å². The van der Waals surface area contributed by atoms with Crippen molar-refractivity contribution in [2.75, 3.05) is 5.32 Å². The molecule has 204 valence electrons. The number of allylic oxidation sites excluding steroid dienone is 8. The van der Waals surface area contributed by atoms with Gasteiger partial charge in [-0.25, -0.2) is 0 Å². The number of fused-ring (bicyclic) bond motifs is 6. The standard InChI is InChI=1S/C38H35ClN2/c1-37(2)32(40-30-20-16-24-10-5-7-14-28(24)34(30)37)22-18-26-12-9-13-27(36(26)39)19-23-33-38(3,4)35-29-15-8-6-11-25(29)17-21-31(35)41-33/h5-8,10-11,14-23,40H,9,12-13H2,1-4H3. The highest BCUT2D eigenvalue weighted by Crippen LogP contribution is 2.47. The van der Waals surface area contributed by atoms with Crippen LogP contribution in [0.5, 0.6) is 0 Å². The fourth-order valence-corrected chi connectivity index (χ4v) is 7.27. The number of hydrogen-bond acceptors (Lipinski definition) is 2. The topological polar surface area (TPSA) is 24.4 Å². The van der Waals surface area contributed by atoms with E-state index in [1.54, 1.807) is 0 Å². The van der Waals surface area contributed by atoms with E-state index in [1.807, 2.05) is 0 Å². The normalized spacial score (nSPS) is 21.1. The molecule has 0 unspecified atom stereocenters. The lowest BCUT2D eigenvalue weighted by molar-refractivity contribution is 0.659. The van der Waals surface area contributed by atoms with Gasteiger partial charge in [0.15, 0.2) is 0 Å². The Bertz CT molecular complexity index is 1890. The Labute approximate surface area is 247 Å². The lowest BCUT2D eigenvalue weighted by atomic mass is 9.79. The van der Waals surface area contributed by atoms with Crippen LogP contribution in [0.1, 0.15) is 58.1 Å². The summed E-state index contributed by atoms with van der Waals surface area (Å²) in [6.45, 7) is 9.17. The van der Waals surface area contributed by atoms with E-state index in [-0.39, 0.29) is 10.8 Å². The molecule has 2 heterocycles. The van der Waals surface area contributed by atoms with Gasteiger partial charge >= 0.3 is 0 Å². The van der Waals surface area contributed by atoms with Gasteiger partial charge < -0.3 is 5.32 Å². The molecule has 4 aromatic rings. The Balaban J connectivity index is 1.18. The van der Waals surface area contributed by atoms with Gasteiger partial charge in [-0.05, 0) is 87.4 Å². The van der Waals surface area contributed by atoms with Gasteiger partial charge in [0.2, 0.25) is 0 Å². The average molecular weight is 555 g/mol. The Morgan fingerprint density at radius 3 is 2.17 bits per heavy atom. The van der Waals surface area contributed by atoms with Crippen molar-refractivity contribution in [2.24, 2.45) is 4.99 Å². The fraction of sp³-hybridized carbons (Fsp3) is 0.237. The molecule has 0 bridgehead atoms. The maximum Gasteiger partial charge on any atom is 0.0681 e. The van der Waals surface area contributed by atoms with E-state index < -0.39 is 0 Å². The van der Waals surface area contributed by atoms with Crippen molar-refractivity contribution in [3.8, 4) is 0 Å². The SMILES string of the molecule is CC1(C)C(C=CC2=C(Cl)C(=CC=C3Nc4ccc5ccccc5c4C3(C)C)CCC2)=Nc2ccc3ccccc3c21. The summed E-state index contributed by atoms with van der Waals surface area (Å²) in [7, 11) is 0. The molecule has 1 aliphatic carbocycles. The van der Waals surface area contributed by atoms with Crippen LogP contribution in [0.4, 0.5) is 11.4 Å². The number of anilines is 1. The second-order valence-corrected chi connectivity index (χ2v) is 12.9. The van der Waals surface area contributed by atoms with Crippen molar-refractivity contribution >= 4 is 50.2 Å². The molecule has 0 aromatic heterocycles. The number of halogens is 1. The van der Waals surface area contributed by atoms with Gasteiger partial charge in [0.1, 0.15) is 0 Å². The van der Waals surface area contributed by atoms with E-state index >= 15 is 0 Å². The second-order valence-electron chi connectivity index (χ2n) is 12.6. The molecule has 4 aromatic carbocycles. The van der Waals surface area contributed by atoms with E-state index in [1.165, 1.54) is 55.2 Å². The van der Waals surface area contributed by atoms with Gasteiger partial charge in [0, 0.05) is 27.2 Å². The largest absolute Gasteiger partial charge is 0.358 e. The number of hydrogen-bond donors (Lipinski definition) is 1. The van der Waals surface area contributed by atoms with Crippen molar-refractivity contribution < 1.29 is 0 Å². The summed E-state index contributed by atoms with van der Waals surface area (Å²) in [6, 6.07) is 26.0. The van der Waals surface area contributed by atoms with Gasteiger partial charge in [0.05, 0.1) is 11.4 Å². The van der Waals surface area contributed by atoms with Crippen LogP contribution in [0.15, 0.2) is 124 Å². The molecule has 0 fully saturated rings. The van der Waals surface area contributed by atoms with Crippen LogP contribution >= 0.6 is 11.6 Å². The first-order valence-electron chi connectivity index (χ1n) is 14.6. The predicted molar refractivity (Wildman–Crippen MR) is 177 cm³/mol. The van der Waals surface area contributed by atoms with Gasteiger partial charge in [-0.2, -0.15) is 0 Å². The maximum atomic E-state index is 7.07. The van der Waals surface area contributed by atoms with Crippen molar-refractivity contribution in [1.82, 2.24) is 0 Å². The molecule has 1 N–H and O–H groups in total. The zero-order valence-electron chi connectivity index (χ0n) is 24.2. The van der Waals surface area contributed by atoms with Crippen molar-refractivity contribution in [3.63, 3.8) is 0 Å². The minimum absolute atomic E-state index is 0.119. The average Bonchev–Trinajstić information content (AvgIpc) is 3.39. The lowest BCUT2D eigenvalue weighted by Gasteiger charge is -2.23. The lowest BCUT2D eigenvalue weighted by Crippen LogP contribution is -2.24. The van der Waals surface area contributed by atoms with Crippen LogP contribution < -0.4 is 5.32 Å². The summed E-state index contributed by atoms with van der Waals surface area (Å²) < 4.78 is 0. The third-order valence-corrected chi connectivity index (χ3v) is 9.75. The molecule has 0 atom stereocenters. The summed E-state index contributed by atoms with van der Waals surface area (Å²) in [5.74, 6) is 0. The maximum absolute atomic E-state index is 7.07. The van der Waals surface area contributed by atoms with Crippen molar-refractivity contribution in [3.05, 3.63) is 130 Å². The van der Waals surface area contributed by atoms with Crippen molar-refractivity contribution in [2.45, 2.75) is 57.8 Å². The monoisotopic (exact) mass is 554 g/mol. The first-order valence-corrected chi connectivity index (χ1v) is 15.0. The molecule has 2 aliphatic heterocycles. The molecular weight excluding hydrogens is 520 g/mol. The summed E-state index contributed by atoms with van der Waals surface area (Å²) in [5.41, 5.74) is 9.33. The van der Waals surface area contributed by atoms with Gasteiger partial charge in [0.25, 0.3) is 0 Å². The molecular formula is C38H35ClN2.